The summed E-state index contributed by atoms with van der Waals surface area (Å²) in [6.45, 7) is 2.68. The molecular weight excluding hydrogens is 550 g/mol. The Labute approximate surface area is 243 Å². The fourth-order valence-electron chi connectivity index (χ4n) is 4.93. The Balaban J connectivity index is 0.00000337. The Hall–Kier alpha value is -3.43. The number of hydrogen-bond donors (Lipinski definition) is 6. The van der Waals surface area contributed by atoms with Crippen LogP contribution in [0, 0.1) is 0 Å². The van der Waals surface area contributed by atoms with E-state index in [-0.39, 0.29) is 38.2 Å². The number of fused-ring (bicyclic) bond motifs is 1. The van der Waals surface area contributed by atoms with E-state index in [0.29, 0.717) is 67.0 Å². The van der Waals surface area contributed by atoms with Crippen LogP contribution in [-0.4, -0.2) is 83.3 Å². The summed E-state index contributed by atoms with van der Waals surface area (Å²) in [5, 5.41) is 17.8. The third-order valence-corrected chi connectivity index (χ3v) is 7.75. The molecule has 6 rings (SSSR count). The lowest BCUT2D eigenvalue weighted by Gasteiger charge is -2.28. The minimum Gasteiger partial charge on any atom is -0.377 e. The van der Waals surface area contributed by atoms with Crippen LogP contribution in [-0.2, 0) is 22.6 Å². The zero-order chi connectivity index (χ0) is 27.8. The number of carbonyl (C=O) groups is 1. The van der Waals surface area contributed by atoms with Gasteiger partial charge in [0.2, 0.25) is 5.95 Å². The molecule has 2 amide bonds. The highest BCUT2D eigenvalue weighted by Crippen LogP contribution is 2.38. The van der Waals surface area contributed by atoms with E-state index in [0.717, 1.165) is 29.8 Å². The third-order valence-electron chi connectivity index (χ3n) is 7.35. The summed E-state index contributed by atoms with van der Waals surface area (Å²) in [5.74, 6) is 0.979. The number of rotatable bonds is 10. The molecule has 1 saturated carbocycles. The first-order valence-corrected chi connectivity index (χ1v) is 13.8. The second-order valence-electron chi connectivity index (χ2n) is 10.3. The maximum atomic E-state index is 12.5. The number of halogens is 1. The molecule has 2 aromatic heterocycles. The van der Waals surface area contributed by atoms with Gasteiger partial charge in [-0.1, -0.05) is 19.0 Å². The third kappa shape index (κ3) is 6.11. The standard InChI is InChI=1S/C25H34ClN11O3.CH4/c1-39-20-10-36(9-18(20)33-25(38)31-15-11-40-12-15)19-5-13(6-27)4-17(21(19)26)32-24-34-22(30-14-2-3-14)23-29-8-16(7-28)37(23)35-24;/h4-5,8,14-15,18,20H,2-3,6-7,9-12,27-28H2,1H3,(H2,31,33,38)(H2,30,32,34,35);1H4/t18-,20+;/m0./s1. The molecule has 222 valence electrons. The summed E-state index contributed by atoms with van der Waals surface area (Å²) in [4.78, 5) is 23.8. The maximum absolute atomic E-state index is 12.5. The van der Waals surface area contributed by atoms with Crippen LogP contribution in [0.5, 0.6) is 0 Å². The fourth-order valence-corrected chi connectivity index (χ4v) is 5.20. The zero-order valence-corrected chi connectivity index (χ0v) is 22.9. The second-order valence-corrected chi connectivity index (χ2v) is 10.7. The number of nitrogens with one attached hydrogen (secondary N) is 4. The molecule has 0 radical (unpaired) electrons. The van der Waals surface area contributed by atoms with Crippen molar-refractivity contribution in [2.45, 2.75) is 57.6 Å². The van der Waals surface area contributed by atoms with Crippen molar-refractivity contribution in [3.63, 3.8) is 0 Å². The van der Waals surface area contributed by atoms with Gasteiger partial charge in [-0.25, -0.2) is 14.3 Å². The number of methoxy groups -OCH3 is 1. The number of amides is 2. The van der Waals surface area contributed by atoms with Gasteiger partial charge in [0, 0.05) is 39.3 Å². The van der Waals surface area contributed by atoms with E-state index in [1.54, 1.807) is 17.8 Å². The van der Waals surface area contributed by atoms with E-state index in [9.17, 15) is 4.79 Å². The highest BCUT2D eigenvalue weighted by Gasteiger charge is 2.36. The lowest BCUT2D eigenvalue weighted by molar-refractivity contribution is -0.000447. The normalized spacial score (nSPS) is 20.4. The molecule has 2 atom stereocenters. The van der Waals surface area contributed by atoms with E-state index >= 15 is 0 Å². The van der Waals surface area contributed by atoms with Crippen molar-refractivity contribution in [2.24, 2.45) is 11.5 Å². The van der Waals surface area contributed by atoms with Crippen molar-refractivity contribution in [1.29, 1.82) is 0 Å². The molecule has 2 saturated heterocycles. The van der Waals surface area contributed by atoms with Gasteiger partial charge in [-0.2, -0.15) is 4.98 Å². The Morgan fingerprint density at radius 1 is 1.17 bits per heavy atom. The van der Waals surface area contributed by atoms with Gasteiger partial charge in [-0.3, -0.25) is 0 Å². The molecule has 0 bridgehead atoms. The number of hydrogen-bond acceptors (Lipinski definition) is 11. The van der Waals surface area contributed by atoms with E-state index in [4.69, 9.17) is 37.5 Å². The smallest absolute Gasteiger partial charge is 0.315 e. The molecule has 0 spiro atoms. The topological polar surface area (TPSA) is 182 Å². The van der Waals surface area contributed by atoms with Crippen LogP contribution in [0.1, 0.15) is 31.5 Å². The molecule has 2 aliphatic heterocycles. The van der Waals surface area contributed by atoms with Crippen molar-refractivity contribution in [3.05, 3.63) is 34.6 Å². The monoisotopic (exact) mass is 587 g/mol. The molecule has 3 aromatic rings. The predicted molar refractivity (Wildman–Crippen MR) is 158 cm³/mol. The van der Waals surface area contributed by atoms with E-state index in [1.807, 2.05) is 12.1 Å². The molecule has 3 aliphatic rings. The number of anilines is 4. The number of nitrogens with two attached hydrogens (primary N) is 2. The van der Waals surface area contributed by atoms with Crippen LogP contribution in [0.3, 0.4) is 0 Å². The number of imidazole rings is 1. The van der Waals surface area contributed by atoms with Crippen LogP contribution < -0.4 is 37.6 Å². The van der Waals surface area contributed by atoms with Crippen molar-refractivity contribution in [3.8, 4) is 0 Å². The van der Waals surface area contributed by atoms with Gasteiger partial charge in [-0.05, 0) is 30.5 Å². The minimum atomic E-state index is -0.245. The van der Waals surface area contributed by atoms with E-state index in [2.05, 4.69) is 36.2 Å². The number of benzene rings is 1. The Kier molecular flexibility index (Phi) is 8.66. The second kappa shape index (κ2) is 12.2. The maximum Gasteiger partial charge on any atom is 0.315 e. The molecule has 8 N–H and O–H groups in total. The first kappa shape index (κ1) is 29.1. The van der Waals surface area contributed by atoms with Gasteiger partial charge < -0.3 is 47.1 Å². The van der Waals surface area contributed by atoms with Gasteiger partial charge >= 0.3 is 6.03 Å². The SMILES string of the molecule is C.CO[C@@H]1CN(c2cc(CN)cc(Nc3nc(NC4CC4)c4ncc(CN)n4n3)c2Cl)C[C@@H]1NC(=O)NC1COC1. The minimum absolute atomic E-state index is 0. The lowest BCUT2D eigenvalue weighted by atomic mass is 10.1. The molecule has 15 heteroatoms. The van der Waals surface area contributed by atoms with Crippen molar-refractivity contribution >= 4 is 46.4 Å². The van der Waals surface area contributed by atoms with Gasteiger partial charge in [0.15, 0.2) is 11.5 Å². The van der Waals surface area contributed by atoms with Crippen LogP contribution in [0.25, 0.3) is 5.65 Å². The summed E-state index contributed by atoms with van der Waals surface area (Å²) < 4.78 is 12.5. The molecule has 1 aliphatic carbocycles. The van der Waals surface area contributed by atoms with E-state index in [1.165, 1.54) is 0 Å². The molecule has 4 heterocycles. The predicted octanol–water partition coefficient (Wildman–Crippen LogP) is 1.55. The number of urea groups is 1. The number of nitrogens with zero attached hydrogens (tertiary/aromatic N) is 5. The lowest BCUT2D eigenvalue weighted by Crippen LogP contribution is -2.55. The molecule has 41 heavy (non-hydrogen) atoms. The van der Waals surface area contributed by atoms with Crippen LogP contribution in [0.15, 0.2) is 18.3 Å². The largest absolute Gasteiger partial charge is 0.377 e. The summed E-state index contributed by atoms with van der Waals surface area (Å²) >= 11 is 6.99. The van der Waals surface area contributed by atoms with Crippen molar-refractivity contribution < 1.29 is 14.3 Å². The summed E-state index contributed by atoms with van der Waals surface area (Å²) in [6, 6.07) is 3.77. The molecule has 3 fully saturated rings. The van der Waals surface area contributed by atoms with E-state index < -0.39 is 0 Å². The average molecular weight is 588 g/mol. The van der Waals surface area contributed by atoms with Crippen molar-refractivity contribution in [1.82, 2.24) is 30.2 Å². The van der Waals surface area contributed by atoms with Crippen molar-refractivity contribution in [2.75, 3.05) is 48.9 Å². The zero-order valence-electron chi connectivity index (χ0n) is 22.2. The van der Waals surface area contributed by atoms with Gasteiger partial charge in [0.05, 0.1) is 59.7 Å². The summed E-state index contributed by atoms with van der Waals surface area (Å²) in [6.07, 6.45) is 3.65. The number of ether oxygens (including phenoxy) is 2. The molecular formula is C26H38ClN11O3. The van der Waals surface area contributed by atoms with Crippen LogP contribution in [0.4, 0.5) is 27.9 Å². The highest BCUT2D eigenvalue weighted by molar-refractivity contribution is 6.36. The van der Waals surface area contributed by atoms with Gasteiger partial charge in [-0.15, -0.1) is 5.10 Å². The Morgan fingerprint density at radius 2 is 1.98 bits per heavy atom. The summed E-state index contributed by atoms with van der Waals surface area (Å²) in [7, 11) is 1.64. The van der Waals surface area contributed by atoms with Gasteiger partial charge in [0.1, 0.15) is 0 Å². The molecule has 0 unspecified atom stereocenters. The average Bonchev–Trinajstić information content (AvgIpc) is 3.50. The first-order valence-electron chi connectivity index (χ1n) is 13.4. The highest BCUT2D eigenvalue weighted by atomic mass is 35.5. The van der Waals surface area contributed by atoms with Crippen LogP contribution in [0.2, 0.25) is 5.02 Å². The first-order chi connectivity index (χ1) is 19.4. The van der Waals surface area contributed by atoms with Gasteiger partial charge in [0.25, 0.3) is 0 Å². The molecule has 1 aromatic carbocycles. The number of carbonyl (C=O) groups excluding carboxylic acids is 1. The fraction of sp³-hybridized carbons (Fsp3) is 0.538. The Morgan fingerprint density at radius 3 is 2.63 bits per heavy atom. The summed E-state index contributed by atoms with van der Waals surface area (Å²) in [5.41, 5.74) is 15.6. The molecule has 14 nitrogen and oxygen atoms in total. The number of aromatic nitrogens is 4. The van der Waals surface area contributed by atoms with Crippen LogP contribution >= 0.6 is 11.6 Å². The Bertz CT molecular complexity index is 1390. The quantitative estimate of drug-likeness (QED) is 0.202.